The smallest absolute Gasteiger partial charge is 0.313 e. The fourth-order valence-electron chi connectivity index (χ4n) is 17.6. The maximum atomic E-state index is 14.5. The van der Waals surface area contributed by atoms with Crippen LogP contribution in [0.1, 0.15) is 205 Å². The van der Waals surface area contributed by atoms with Gasteiger partial charge in [0, 0.05) is 102 Å². The molecule has 10 aromatic carbocycles. The van der Waals surface area contributed by atoms with Gasteiger partial charge in [-0.1, -0.05) is 217 Å². The van der Waals surface area contributed by atoms with Gasteiger partial charge in [0.05, 0.1) is 78.0 Å². The second-order valence-electron chi connectivity index (χ2n) is 35.5. The zero-order chi connectivity index (χ0) is 96.0. The fourth-order valence-corrected chi connectivity index (χ4v) is 17.6. The van der Waals surface area contributed by atoms with Gasteiger partial charge in [-0.15, -0.1) is 0 Å². The summed E-state index contributed by atoms with van der Waals surface area (Å²) in [6.45, 7) is 20.6. The van der Waals surface area contributed by atoms with Crippen LogP contribution in [0, 0.1) is 17.5 Å². The second kappa shape index (κ2) is 46.0. The van der Waals surface area contributed by atoms with Crippen LogP contribution in [0.5, 0.6) is 0 Å². The number of Topliss-reactive ketones (excluding diaryl/α,β-unsaturated/α-hetero) is 2. The third-order valence-corrected chi connectivity index (χ3v) is 23.2. The Labute approximate surface area is 786 Å². The first-order valence-electron chi connectivity index (χ1n) is 45.9. The molecule has 698 valence electrons. The molecule has 15 rings (SSSR count). The molecule has 0 unspecified atom stereocenters. The van der Waals surface area contributed by atoms with Gasteiger partial charge in [0.1, 0.15) is 41.4 Å². The van der Waals surface area contributed by atoms with E-state index in [2.05, 4.69) is 38.9 Å². The maximum Gasteiger partial charge on any atom is 0.313 e. The Hall–Kier alpha value is -14.1. The second-order valence-corrected chi connectivity index (χ2v) is 35.5. The van der Waals surface area contributed by atoms with Crippen LogP contribution >= 0.6 is 0 Å². The molecule has 0 aliphatic carbocycles. The highest BCUT2D eigenvalue weighted by Crippen LogP contribution is 2.48. The molecule has 23 heteroatoms. The highest BCUT2D eigenvalue weighted by molar-refractivity contribution is 6.15. The van der Waals surface area contributed by atoms with Gasteiger partial charge in [0.25, 0.3) is 17.7 Å². The molecule has 3 aromatic heterocycles. The van der Waals surface area contributed by atoms with Crippen molar-refractivity contribution in [3.05, 3.63) is 342 Å². The molecule has 2 aliphatic rings. The Bertz CT molecular complexity index is 6220. The molecule has 0 radical (unpaired) electrons. The number of carbonyl (C=O) groups is 8. The van der Waals surface area contributed by atoms with Crippen molar-refractivity contribution in [2.75, 3.05) is 22.6 Å². The Morgan fingerprint density at radius 3 is 1.10 bits per heavy atom. The number of anilines is 3. The Balaban J connectivity index is 0.000000173. The Kier molecular flexibility index (Phi) is 33.5. The number of aliphatic hydroxyl groups excluding tert-OH is 1. The Morgan fingerprint density at radius 2 is 0.756 bits per heavy atom. The van der Waals surface area contributed by atoms with Crippen molar-refractivity contribution in [2.45, 2.75) is 201 Å². The van der Waals surface area contributed by atoms with E-state index < -0.39 is 66.6 Å². The number of nitrogens with one attached hydrogen (secondary N) is 3. The van der Waals surface area contributed by atoms with Gasteiger partial charge < -0.3 is 58.4 Å². The SMILES string of the molecule is CC(C)c1c(C(=O)Nc2ccccc2)c(-c2ccccc2)c(-c2ccc(F)cc2)n1CC[C@@H]1C[C@@H](O)CC(=O)O1.CC(C)c1c(C(=O)Nc2ccccc2)c(-c2ccccc2)c(-c2ccc(F)cc2)n1CC[C@@H]1C[C@H](CC(=O)OC(C)(C)C)O[C@H](c2ccccc2)O1.CCOC(=O)CC(=O)CC(=O)CCn1c(-c2ccc(F)cc2)c(-c2ccccc2)c(C(=O)Nc2ccccc2)c1C(C)C. The number of rotatable bonds is 32. The van der Waals surface area contributed by atoms with Crippen molar-refractivity contribution in [1.82, 2.24) is 13.7 Å². The summed E-state index contributed by atoms with van der Waals surface area (Å²) in [5.74, 6) is -4.34. The zero-order valence-corrected chi connectivity index (χ0v) is 77.7. The van der Waals surface area contributed by atoms with E-state index in [0.717, 1.165) is 67.3 Å². The molecule has 2 aliphatic heterocycles. The fraction of sp³-hybridized carbons (Fsp3) is 0.286. The summed E-state index contributed by atoms with van der Waals surface area (Å²) in [7, 11) is 0. The van der Waals surface area contributed by atoms with Crippen molar-refractivity contribution in [1.29, 1.82) is 0 Å². The first kappa shape index (κ1) is 98.4. The van der Waals surface area contributed by atoms with Crippen molar-refractivity contribution < 1.29 is 80.3 Å². The quantitative estimate of drug-likeness (QED) is 0.0174. The number of halogens is 3. The number of hydrogen-bond acceptors (Lipinski definition) is 14. The molecule has 0 bridgehead atoms. The predicted molar refractivity (Wildman–Crippen MR) is 520 cm³/mol. The van der Waals surface area contributed by atoms with Crippen molar-refractivity contribution in [2.24, 2.45) is 0 Å². The zero-order valence-electron chi connectivity index (χ0n) is 77.7. The third kappa shape index (κ3) is 25.6. The largest absolute Gasteiger partial charge is 0.466 e. The van der Waals surface area contributed by atoms with Crippen LogP contribution in [0.25, 0.3) is 67.2 Å². The lowest BCUT2D eigenvalue weighted by atomic mass is 9.94. The summed E-state index contributed by atoms with van der Waals surface area (Å²) in [6, 6.07) is 85.4. The van der Waals surface area contributed by atoms with Crippen LogP contribution in [-0.4, -0.2) is 103 Å². The number of ether oxygens (including phenoxy) is 5. The molecule has 5 atom stereocenters. The number of amides is 3. The number of carbonyl (C=O) groups excluding carboxylic acids is 8. The molecule has 2 fully saturated rings. The van der Waals surface area contributed by atoms with Crippen LogP contribution in [0.2, 0.25) is 0 Å². The number of hydrogen-bond donors (Lipinski definition) is 4. The molecule has 4 N–H and O–H groups in total. The molecule has 2 saturated heterocycles. The molecular formula is C112H115F3N6O14. The van der Waals surface area contributed by atoms with Gasteiger partial charge in [-0.05, 0) is 194 Å². The average molecular weight is 1830 g/mol. The van der Waals surface area contributed by atoms with Gasteiger partial charge >= 0.3 is 17.9 Å². The number of cyclic esters (lactones) is 1. The Morgan fingerprint density at radius 1 is 0.415 bits per heavy atom. The lowest BCUT2D eigenvalue weighted by molar-refractivity contribution is -0.251. The molecule has 20 nitrogen and oxygen atoms in total. The van der Waals surface area contributed by atoms with E-state index in [0.29, 0.717) is 95.0 Å². The minimum atomic E-state index is -0.732. The van der Waals surface area contributed by atoms with Gasteiger partial charge in [-0.2, -0.15) is 0 Å². The number of para-hydroxylation sites is 3. The summed E-state index contributed by atoms with van der Waals surface area (Å²) in [6.07, 6.45) is -1.42. The van der Waals surface area contributed by atoms with Crippen LogP contribution in [0.4, 0.5) is 30.2 Å². The third-order valence-electron chi connectivity index (χ3n) is 23.2. The minimum absolute atomic E-state index is 0.0000536. The highest BCUT2D eigenvalue weighted by Gasteiger charge is 2.39. The standard InChI is InChI=1S/C44H47FN2O5.C35H35FN2O5.C33H33FN2O4/c1-29(2)40-39(42(49)46-34-19-13-8-14-20-34)38(30-15-9-6-10-16-30)41(31-21-23-33(45)24-22-31)47(40)26-25-35-27-36(28-37(48)52-44(3,4)5)51-43(50-35)32-17-11-7-12-18-32;1-4-43-30(41)22-29(40)21-28(39)19-20-38-33(23(2)3)32(35(42)37-27-13-9-6-10-14-27)31(24-11-7-5-8-12-24)34(38)25-15-17-26(36)18-16-25;1-21(2)31-30(33(39)35-25-11-7-4-8-12-25)29(22-9-5-3-6-10-22)32(23-13-15-24(34)16-14-23)36(31)18-17-27-19-26(37)20-28(38)40-27/h6-24,29,35-36,43H,25-28H2,1-5H3,(H,46,49);5-18,23H,4,19-22H2,1-3H3,(H,37,42);3-16,21,26-27,37H,17-20H2,1-2H3,(H,35,39)/t35-,36-,43-;;26-,27-/m1.1/s1. The van der Waals surface area contributed by atoms with E-state index in [4.69, 9.17) is 23.7 Å². The van der Waals surface area contributed by atoms with Gasteiger partial charge in [-0.3, -0.25) is 38.4 Å². The number of ketones is 2. The van der Waals surface area contributed by atoms with Crippen LogP contribution < -0.4 is 16.0 Å². The first-order chi connectivity index (χ1) is 65.0. The summed E-state index contributed by atoms with van der Waals surface area (Å²) in [4.78, 5) is 105. The van der Waals surface area contributed by atoms with E-state index in [9.17, 15) is 56.6 Å². The van der Waals surface area contributed by atoms with Gasteiger partial charge in [0.2, 0.25) is 0 Å². The lowest BCUT2D eigenvalue weighted by Gasteiger charge is -2.36. The number of nitrogens with zero attached hydrogens (tertiary/aromatic N) is 3. The molecule has 0 spiro atoms. The summed E-state index contributed by atoms with van der Waals surface area (Å²) < 4.78 is 77.7. The predicted octanol–water partition coefficient (Wildman–Crippen LogP) is 24.3. The summed E-state index contributed by atoms with van der Waals surface area (Å²) in [5, 5.41) is 19.4. The summed E-state index contributed by atoms with van der Waals surface area (Å²) in [5.41, 5.74) is 15.5. The number of benzene rings is 10. The molecular weight excluding hydrogens is 1710 g/mol. The van der Waals surface area contributed by atoms with Gasteiger partial charge in [-0.25, -0.2) is 13.2 Å². The van der Waals surface area contributed by atoms with E-state index in [1.54, 1.807) is 55.5 Å². The normalized spacial score (nSPS) is 15.3. The average Bonchev–Trinajstić information content (AvgIpc) is 1.60. The summed E-state index contributed by atoms with van der Waals surface area (Å²) >= 11 is 0. The first-order valence-corrected chi connectivity index (χ1v) is 45.9. The number of aromatic nitrogens is 3. The molecule has 0 saturated carbocycles. The van der Waals surface area contributed by atoms with Crippen LogP contribution in [0.15, 0.2) is 285 Å². The highest BCUT2D eigenvalue weighted by atomic mass is 19.1. The molecule has 135 heavy (non-hydrogen) atoms. The van der Waals surface area contributed by atoms with E-state index >= 15 is 0 Å². The van der Waals surface area contributed by atoms with E-state index in [1.165, 1.54) is 36.4 Å². The molecule has 5 heterocycles. The molecule has 13 aromatic rings. The monoisotopic (exact) mass is 1820 g/mol. The maximum absolute atomic E-state index is 14.5. The van der Waals surface area contributed by atoms with Gasteiger partial charge in [0.15, 0.2) is 12.1 Å². The number of aliphatic hydroxyl groups is 1. The van der Waals surface area contributed by atoms with Crippen molar-refractivity contribution in [3.8, 4) is 67.2 Å². The van der Waals surface area contributed by atoms with Crippen LogP contribution in [0.3, 0.4) is 0 Å². The number of esters is 3. The van der Waals surface area contributed by atoms with Crippen LogP contribution in [-0.2, 0) is 67.3 Å². The van der Waals surface area contributed by atoms with E-state index in [1.807, 2.05) is 253 Å². The topological polar surface area (TPSA) is 254 Å². The molecule has 3 amide bonds. The van der Waals surface area contributed by atoms with Crippen molar-refractivity contribution >= 4 is 64.3 Å². The minimum Gasteiger partial charge on any atom is -0.466 e. The lowest BCUT2D eigenvalue weighted by Crippen LogP contribution is -2.37. The van der Waals surface area contributed by atoms with E-state index in [-0.39, 0.29) is 97.4 Å². The van der Waals surface area contributed by atoms with Crippen molar-refractivity contribution in [3.63, 3.8) is 0 Å².